The number of nitrogens with one attached hydrogen (secondary N) is 1. The first-order chi connectivity index (χ1) is 8.72. The van der Waals surface area contributed by atoms with Gasteiger partial charge < -0.3 is 9.88 Å². The van der Waals surface area contributed by atoms with Crippen LogP contribution in [-0.2, 0) is 6.42 Å². The number of fused-ring (bicyclic) bond motifs is 1. The zero-order valence-corrected chi connectivity index (χ0v) is 11.6. The fraction of sp³-hybridized carbons (Fsp3) is 0.462. The number of hydrogen-bond acceptors (Lipinski definition) is 2. The minimum atomic E-state index is -0.253. The molecule has 0 unspecified atom stereocenters. The minimum Gasteiger partial charge on any atom is -0.342 e. The van der Waals surface area contributed by atoms with Crippen molar-refractivity contribution in [2.75, 3.05) is 19.6 Å². The molecule has 1 aromatic carbocycles. The highest BCUT2D eigenvalue weighted by atomic mass is 79.9. The van der Waals surface area contributed by atoms with Crippen molar-refractivity contribution >= 4 is 27.0 Å². The Morgan fingerprint density at radius 2 is 2.11 bits per heavy atom. The molecule has 1 aliphatic rings. The van der Waals surface area contributed by atoms with Crippen LogP contribution >= 0.6 is 15.9 Å². The molecule has 0 bridgehead atoms. The van der Waals surface area contributed by atoms with Crippen LogP contribution in [0.4, 0.5) is 4.39 Å². The van der Waals surface area contributed by atoms with Gasteiger partial charge >= 0.3 is 0 Å². The van der Waals surface area contributed by atoms with Crippen LogP contribution in [0.2, 0.25) is 0 Å². The molecule has 0 spiro atoms. The number of aromatic nitrogens is 2. The lowest BCUT2D eigenvalue weighted by atomic mass is 10.3. The monoisotopic (exact) mass is 311 g/mol. The third kappa shape index (κ3) is 2.42. The second kappa shape index (κ2) is 4.97. The van der Waals surface area contributed by atoms with Crippen molar-refractivity contribution in [3.05, 3.63) is 28.2 Å². The topological polar surface area (TPSA) is 31.9 Å². The maximum atomic E-state index is 13.4. The van der Waals surface area contributed by atoms with Crippen molar-refractivity contribution < 1.29 is 4.39 Å². The molecule has 0 atom stereocenters. The Bertz CT molecular complexity index is 522. The van der Waals surface area contributed by atoms with Gasteiger partial charge in [0.15, 0.2) is 0 Å². The van der Waals surface area contributed by atoms with Gasteiger partial charge in [-0.1, -0.05) is 0 Å². The van der Waals surface area contributed by atoms with E-state index in [1.807, 2.05) is 0 Å². The lowest BCUT2D eigenvalue weighted by Crippen LogP contribution is -2.22. The van der Waals surface area contributed by atoms with E-state index in [0.29, 0.717) is 4.47 Å². The van der Waals surface area contributed by atoms with E-state index in [4.69, 9.17) is 0 Å². The van der Waals surface area contributed by atoms with E-state index in [0.717, 1.165) is 29.8 Å². The van der Waals surface area contributed by atoms with Gasteiger partial charge in [-0.15, -0.1) is 0 Å². The van der Waals surface area contributed by atoms with Crippen LogP contribution in [0, 0.1) is 5.82 Å². The number of imidazole rings is 1. The van der Waals surface area contributed by atoms with Gasteiger partial charge in [-0.2, -0.15) is 0 Å². The molecule has 0 radical (unpaired) electrons. The lowest BCUT2D eigenvalue weighted by Gasteiger charge is -2.12. The van der Waals surface area contributed by atoms with Crippen LogP contribution in [-0.4, -0.2) is 34.5 Å². The molecule has 1 aromatic heterocycles. The van der Waals surface area contributed by atoms with E-state index in [-0.39, 0.29) is 5.82 Å². The SMILES string of the molecule is Fc1cc2[nH]c(CCN3CCCC3)nc2cc1Br. The second-order valence-electron chi connectivity index (χ2n) is 4.77. The van der Waals surface area contributed by atoms with Crippen LogP contribution in [0.3, 0.4) is 0 Å². The summed E-state index contributed by atoms with van der Waals surface area (Å²) in [6.45, 7) is 3.42. The number of halogens is 2. The Hall–Kier alpha value is -0.940. The van der Waals surface area contributed by atoms with Crippen molar-refractivity contribution in [3.8, 4) is 0 Å². The van der Waals surface area contributed by atoms with Crippen LogP contribution in [0.1, 0.15) is 18.7 Å². The molecular formula is C13H15BrFN3. The van der Waals surface area contributed by atoms with Gasteiger partial charge in [0.25, 0.3) is 0 Å². The maximum Gasteiger partial charge on any atom is 0.139 e. The average molecular weight is 312 g/mol. The molecule has 5 heteroatoms. The smallest absolute Gasteiger partial charge is 0.139 e. The van der Waals surface area contributed by atoms with E-state index in [1.54, 1.807) is 6.07 Å². The molecule has 0 saturated carbocycles. The van der Waals surface area contributed by atoms with E-state index >= 15 is 0 Å². The number of nitrogens with zero attached hydrogens (tertiary/aromatic N) is 2. The van der Waals surface area contributed by atoms with Crippen LogP contribution in [0.5, 0.6) is 0 Å². The van der Waals surface area contributed by atoms with Crippen molar-refractivity contribution in [2.45, 2.75) is 19.3 Å². The summed E-state index contributed by atoms with van der Waals surface area (Å²) in [5, 5.41) is 0. The molecule has 2 aromatic rings. The molecule has 96 valence electrons. The Balaban J connectivity index is 1.76. The maximum absolute atomic E-state index is 13.4. The molecule has 3 rings (SSSR count). The predicted octanol–water partition coefficient (Wildman–Crippen LogP) is 3.10. The average Bonchev–Trinajstić information content (AvgIpc) is 2.96. The number of hydrogen-bond donors (Lipinski definition) is 1. The quantitative estimate of drug-likeness (QED) is 0.944. The number of benzene rings is 1. The van der Waals surface area contributed by atoms with Gasteiger partial charge in [-0.05, 0) is 47.9 Å². The van der Waals surface area contributed by atoms with E-state index < -0.39 is 0 Å². The number of H-pyrrole nitrogens is 1. The predicted molar refractivity (Wildman–Crippen MR) is 73.1 cm³/mol. The summed E-state index contributed by atoms with van der Waals surface area (Å²) < 4.78 is 13.9. The summed E-state index contributed by atoms with van der Waals surface area (Å²) in [7, 11) is 0. The molecule has 0 aliphatic carbocycles. The van der Waals surface area contributed by atoms with Gasteiger partial charge in [-0.25, -0.2) is 9.37 Å². The van der Waals surface area contributed by atoms with Gasteiger partial charge in [0.05, 0.1) is 15.5 Å². The standard InChI is InChI=1S/C13H15BrFN3/c14-9-7-11-12(8-10(9)15)17-13(16-11)3-6-18-4-1-2-5-18/h7-8H,1-6H2,(H,16,17). The molecular weight excluding hydrogens is 297 g/mol. The van der Waals surface area contributed by atoms with Crippen molar-refractivity contribution in [3.63, 3.8) is 0 Å². The van der Waals surface area contributed by atoms with Crippen molar-refractivity contribution in [1.29, 1.82) is 0 Å². The zero-order chi connectivity index (χ0) is 12.5. The third-order valence-corrected chi connectivity index (χ3v) is 4.04. The molecule has 3 nitrogen and oxygen atoms in total. The van der Waals surface area contributed by atoms with E-state index in [9.17, 15) is 4.39 Å². The summed E-state index contributed by atoms with van der Waals surface area (Å²) in [5.41, 5.74) is 1.59. The lowest BCUT2D eigenvalue weighted by molar-refractivity contribution is 0.341. The van der Waals surface area contributed by atoms with E-state index in [2.05, 4.69) is 30.8 Å². The number of rotatable bonds is 3. The summed E-state index contributed by atoms with van der Waals surface area (Å²) in [5.74, 6) is 0.687. The van der Waals surface area contributed by atoms with Gasteiger partial charge in [0.2, 0.25) is 0 Å². The highest BCUT2D eigenvalue weighted by Gasteiger charge is 2.12. The number of likely N-dealkylation sites (tertiary alicyclic amines) is 1. The van der Waals surface area contributed by atoms with Gasteiger partial charge in [-0.3, -0.25) is 0 Å². The fourth-order valence-electron chi connectivity index (χ4n) is 2.45. The first kappa shape index (κ1) is 12.1. The molecule has 1 saturated heterocycles. The fourth-order valence-corrected chi connectivity index (χ4v) is 2.78. The van der Waals surface area contributed by atoms with Gasteiger partial charge in [0.1, 0.15) is 11.6 Å². The van der Waals surface area contributed by atoms with Crippen LogP contribution in [0.15, 0.2) is 16.6 Å². The second-order valence-corrected chi connectivity index (χ2v) is 5.62. The molecule has 1 N–H and O–H groups in total. The Morgan fingerprint density at radius 1 is 1.33 bits per heavy atom. The molecule has 1 aliphatic heterocycles. The molecule has 0 amide bonds. The zero-order valence-electron chi connectivity index (χ0n) is 10.0. The molecule has 18 heavy (non-hydrogen) atoms. The first-order valence-electron chi connectivity index (χ1n) is 6.28. The molecule has 2 heterocycles. The first-order valence-corrected chi connectivity index (χ1v) is 7.08. The Morgan fingerprint density at radius 3 is 2.89 bits per heavy atom. The third-order valence-electron chi connectivity index (χ3n) is 3.44. The summed E-state index contributed by atoms with van der Waals surface area (Å²) >= 11 is 3.18. The normalized spacial score (nSPS) is 16.8. The van der Waals surface area contributed by atoms with Crippen LogP contribution in [0.25, 0.3) is 11.0 Å². The highest BCUT2D eigenvalue weighted by molar-refractivity contribution is 9.10. The van der Waals surface area contributed by atoms with Gasteiger partial charge in [0, 0.05) is 19.0 Å². The highest BCUT2D eigenvalue weighted by Crippen LogP contribution is 2.22. The van der Waals surface area contributed by atoms with Crippen molar-refractivity contribution in [2.24, 2.45) is 0 Å². The minimum absolute atomic E-state index is 0.253. The Labute approximate surface area is 114 Å². The van der Waals surface area contributed by atoms with Crippen molar-refractivity contribution in [1.82, 2.24) is 14.9 Å². The van der Waals surface area contributed by atoms with E-state index in [1.165, 1.54) is 32.0 Å². The van der Waals surface area contributed by atoms with Crippen LogP contribution < -0.4 is 0 Å². The number of aromatic amines is 1. The summed E-state index contributed by atoms with van der Waals surface area (Å²) in [6, 6.07) is 3.21. The molecule has 1 fully saturated rings. The summed E-state index contributed by atoms with van der Waals surface area (Å²) in [6.07, 6.45) is 3.50. The Kier molecular flexibility index (Phi) is 3.35. The summed E-state index contributed by atoms with van der Waals surface area (Å²) in [4.78, 5) is 10.1. The largest absolute Gasteiger partial charge is 0.342 e.